The van der Waals surface area contributed by atoms with Gasteiger partial charge >= 0.3 is 0 Å². The molecule has 0 radical (unpaired) electrons. The predicted octanol–water partition coefficient (Wildman–Crippen LogP) is 4.62. The zero-order valence-electron chi connectivity index (χ0n) is 14.9. The van der Waals surface area contributed by atoms with Gasteiger partial charge in [-0.15, -0.1) is 0 Å². The smallest absolute Gasteiger partial charge is 0.287 e. The summed E-state index contributed by atoms with van der Waals surface area (Å²) in [7, 11) is -1.10. The molecule has 0 saturated heterocycles. The van der Waals surface area contributed by atoms with Gasteiger partial charge in [-0.3, -0.25) is 9.00 Å². The van der Waals surface area contributed by atoms with Crippen LogP contribution in [0.3, 0.4) is 0 Å². The highest BCUT2D eigenvalue weighted by Crippen LogP contribution is 2.14. The molecule has 0 aliphatic heterocycles. The largest absolute Gasteiger partial charge is 0.455 e. The first-order valence-electron chi connectivity index (χ1n) is 8.51. The highest BCUT2D eigenvalue weighted by Gasteiger charge is 2.13. The molecule has 0 spiro atoms. The average molecular weight is 402 g/mol. The number of benzene rings is 2. The number of carbonyl (C=O) groups is 1. The monoisotopic (exact) mass is 401 g/mol. The van der Waals surface area contributed by atoms with Crippen molar-refractivity contribution in [3.8, 4) is 0 Å². The van der Waals surface area contributed by atoms with E-state index in [1.165, 1.54) is 5.56 Å². The van der Waals surface area contributed by atoms with Gasteiger partial charge in [0.25, 0.3) is 5.91 Å². The number of hydrogen-bond acceptors (Lipinski definition) is 3. The first kappa shape index (κ1) is 19.4. The maximum Gasteiger partial charge on any atom is 0.287 e. The fraction of sp³-hybridized carbons (Fsp3) is 0.190. The van der Waals surface area contributed by atoms with E-state index in [9.17, 15) is 9.00 Å². The molecule has 0 aliphatic carbocycles. The van der Waals surface area contributed by atoms with Crippen molar-refractivity contribution >= 4 is 28.3 Å². The molecule has 6 heteroatoms. The molecule has 1 N–H and O–H groups in total. The van der Waals surface area contributed by atoms with Gasteiger partial charge < -0.3 is 9.73 Å². The lowest BCUT2D eigenvalue weighted by Gasteiger charge is -2.04. The van der Waals surface area contributed by atoms with E-state index < -0.39 is 10.8 Å². The van der Waals surface area contributed by atoms with Crippen molar-refractivity contribution in [1.82, 2.24) is 5.32 Å². The van der Waals surface area contributed by atoms with Gasteiger partial charge in [0, 0.05) is 28.1 Å². The molecule has 4 nitrogen and oxygen atoms in total. The normalized spacial score (nSPS) is 11.9. The second kappa shape index (κ2) is 9.02. The maximum atomic E-state index is 12.3. The molecule has 2 aromatic carbocycles. The van der Waals surface area contributed by atoms with Crippen LogP contribution in [0.25, 0.3) is 0 Å². The molecule has 1 unspecified atom stereocenters. The average Bonchev–Trinajstić information content (AvgIpc) is 3.10. The fourth-order valence-electron chi connectivity index (χ4n) is 2.57. The van der Waals surface area contributed by atoms with E-state index >= 15 is 0 Å². The molecular formula is C21H20ClNO3S. The van der Waals surface area contributed by atoms with Crippen LogP contribution in [0.4, 0.5) is 0 Å². The number of amides is 1. The van der Waals surface area contributed by atoms with E-state index in [2.05, 4.69) is 5.32 Å². The van der Waals surface area contributed by atoms with Gasteiger partial charge in [0.1, 0.15) is 5.76 Å². The Labute approximate surface area is 166 Å². The Kier molecular flexibility index (Phi) is 6.48. The summed E-state index contributed by atoms with van der Waals surface area (Å²) in [5, 5.41) is 3.41. The number of nitrogens with one attached hydrogen (secondary N) is 1. The molecule has 0 aliphatic rings. The summed E-state index contributed by atoms with van der Waals surface area (Å²) in [5.41, 5.74) is 3.09. The zero-order valence-corrected chi connectivity index (χ0v) is 16.5. The Bertz CT molecular complexity index is 950. The summed E-state index contributed by atoms with van der Waals surface area (Å²) in [6.45, 7) is 2.37. The summed E-state index contributed by atoms with van der Waals surface area (Å²) in [6, 6.07) is 18.5. The van der Waals surface area contributed by atoms with Crippen LogP contribution >= 0.6 is 11.6 Å². The van der Waals surface area contributed by atoms with Crippen LogP contribution in [0.5, 0.6) is 0 Å². The van der Waals surface area contributed by atoms with E-state index in [1.807, 2.05) is 43.3 Å². The van der Waals surface area contributed by atoms with Crippen LogP contribution < -0.4 is 5.32 Å². The van der Waals surface area contributed by atoms with Crippen LogP contribution in [0.1, 0.15) is 33.0 Å². The fourth-order valence-corrected chi connectivity index (χ4v) is 3.93. The molecule has 1 atom stereocenters. The van der Waals surface area contributed by atoms with Crippen LogP contribution in [0, 0.1) is 6.92 Å². The lowest BCUT2D eigenvalue weighted by atomic mass is 10.2. The van der Waals surface area contributed by atoms with Gasteiger partial charge in [0.05, 0.1) is 5.75 Å². The Balaban J connectivity index is 1.53. The summed E-state index contributed by atoms with van der Waals surface area (Å²) in [4.78, 5) is 12.2. The maximum absolute atomic E-state index is 12.3. The van der Waals surface area contributed by atoms with Crippen LogP contribution in [-0.4, -0.2) is 10.1 Å². The predicted molar refractivity (Wildman–Crippen MR) is 108 cm³/mol. The molecule has 140 valence electrons. The van der Waals surface area contributed by atoms with Gasteiger partial charge in [-0.05, 0) is 42.3 Å². The third kappa shape index (κ3) is 5.81. The molecular weight excluding hydrogens is 382 g/mol. The van der Waals surface area contributed by atoms with Crippen molar-refractivity contribution < 1.29 is 13.4 Å². The van der Waals surface area contributed by atoms with E-state index in [-0.39, 0.29) is 17.4 Å². The number of carbonyl (C=O) groups excluding carboxylic acids is 1. The molecule has 0 saturated carbocycles. The zero-order chi connectivity index (χ0) is 19.2. The minimum absolute atomic E-state index is 0.208. The second-order valence-corrected chi connectivity index (χ2v) is 8.19. The van der Waals surface area contributed by atoms with Crippen molar-refractivity contribution in [2.45, 2.75) is 25.0 Å². The highest BCUT2D eigenvalue weighted by atomic mass is 35.5. The molecule has 0 fully saturated rings. The van der Waals surface area contributed by atoms with Crippen LogP contribution in [0.2, 0.25) is 5.02 Å². The number of furan rings is 1. The summed E-state index contributed by atoms with van der Waals surface area (Å²) < 4.78 is 17.9. The minimum atomic E-state index is -1.10. The van der Waals surface area contributed by atoms with Gasteiger partial charge in [-0.25, -0.2) is 0 Å². The second-order valence-electron chi connectivity index (χ2n) is 6.29. The SMILES string of the molecule is Cc1ccc(CS(=O)Cc2ccc(C(=O)NCc3cccc(Cl)c3)o2)cc1. The lowest BCUT2D eigenvalue weighted by molar-refractivity contribution is 0.0921. The molecule has 1 aromatic heterocycles. The summed E-state index contributed by atoms with van der Waals surface area (Å²) in [5.74, 6) is 1.16. The third-order valence-corrected chi connectivity index (χ3v) is 5.48. The number of halogens is 1. The minimum Gasteiger partial charge on any atom is -0.455 e. The van der Waals surface area contributed by atoms with E-state index in [4.69, 9.17) is 16.0 Å². The quantitative estimate of drug-likeness (QED) is 0.628. The molecule has 3 aromatic rings. The molecule has 1 heterocycles. The standard InChI is InChI=1S/C21H20ClNO3S/c1-15-5-7-16(8-6-15)13-27(25)14-19-9-10-20(26-19)21(24)23-12-17-3-2-4-18(22)11-17/h2-11H,12-14H2,1H3,(H,23,24). The van der Waals surface area contributed by atoms with Crippen LogP contribution in [0.15, 0.2) is 65.1 Å². The van der Waals surface area contributed by atoms with E-state index in [0.717, 1.165) is 11.1 Å². The van der Waals surface area contributed by atoms with Crippen molar-refractivity contribution in [3.63, 3.8) is 0 Å². The summed E-state index contributed by atoms with van der Waals surface area (Å²) >= 11 is 5.93. The lowest BCUT2D eigenvalue weighted by Crippen LogP contribution is -2.22. The Morgan fingerprint density at radius 1 is 1.04 bits per heavy atom. The molecule has 3 rings (SSSR count). The van der Waals surface area contributed by atoms with Crippen molar-refractivity contribution in [2.24, 2.45) is 0 Å². The number of hydrogen-bond donors (Lipinski definition) is 1. The Hall–Kier alpha value is -2.37. The number of aryl methyl sites for hydroxylation is 1. The molecule has 27 heavy (non-hydrogen) atoms. The van der Waals surface area contributed by atoms with Crippen molar-refractivity contribution in [2.75, 3.05) is 0 Å². The van der Waals surface area contributed by atoms with Crippen molar-refractivity contribution in [3.05, 3.63) is 93.9 Å². The van der Waals surface area contributed by atoms with Gasteiger partial charge in [-0.2, -0.15) is 0 Å². The molecule has 0 bridgehead atoms. The molecule has 1 amide bonds. The van der Waals surface area contributed by atoms with Crippen molar-refractivity contribution in [1.29, 1.82) is 0 Å². The van der Waals surface area contributed by atoms with E-state index in [0.29, 0.717) is 23.1 Å². The first-order valence-corrected chi connectivity index (χ1v) is 10.4. The summed E-state index contributed by atoms with van der Waals surface area (Å²) in [6.07, 6.45) is 0. The topological polar surface area (TPSA) is 59.3 Å². The van der Waals surface area contributed by atoms with Gasteiger partial charge in [0.15, 0.2) is 5.76 Å². The Morgan fingerprint density at radius 2 is 1.81 bits per heavy atom. The Morgan fingerprint density at radius 3 is 2.56 bits per heavy atom. The number of rotatable bonds is 7. The van der Waals surface area contributed by atoms with Gasteiger partial charge in [-0.1, -0.05) is 53.6 Å². The van der Waals surface area contributed by atoms with E-state index in [1.54, 1.807) is 24.3 Å². The highest BCUT2D eigenvalue weighted by molar-refractivity contribution is 7.83. The van der Waals surface area contributed by atoms with Gasteiger partial charge in [0.2, 0.25) is 0 Å². The third-order valence-electron chi connectivity index (χ3n) is 3.98. The first-order chi connectivity index (χ1) is 13.0. The van der Waals surface area contributed by atoms with Crippen LogP contribution in [-0.2, 0) is 28.9 Å².